The Hall–Kier alpha value is -1.86. The van der Waals surface area contributed by atoms with Crippen LogP contribution in [0.2, 0.25) is 0 Å². The summed E-state index contributed by atoms with van der Waals surface area (Å²) in [5.74, 6) is -1.70. The Kier molecular flexibility index (Phi) is 6.39. The lowest BCUT2D eigenvalue weighted by Gasteiger charge is -2.31. The van der Waals surface area contributed by atoms with E-state index in [0.717, 1.165) is 4.47 Å². The molecule has 0 bridgehead atoms. The fourth-order valence-electron chi connectivity index (χ4n) is 2.53. The minimum Gasteiger partial charge on any atom is -0.469 e. The lowest BCUT2D eigenvalue weighted by atomic mass is 9.90. The molecule has 0 radical (unpaired) electrons. The zero-order valence-electron chi connectivity index (χ0n) is 13.7. The SMILES string of the molecule is CCO[C@@H]1C[C@H](C(=O)OC)C(C(=O)OC)=C(c2ccc(Br)cc2)O1. The smallest absolute Gasteiger partial charge is 0.338 e. The van der Waals surface area contributed by atoms with Crippen molar-refractivity contribution in [2.75, 3.05) is 20.8 Å². The van der Waals surface area contributed by atoms with Crippen LogP contribution in [-0.4, -0.2) is 39.1 Å². The Morgan fingerprint density at radius 1 is 1.21 bits per heavy atom. The van der Waals surface area contributed by atoms with E-state index in [4.69, 9.17) is 18.9 Å². The number of benzene rings is 1. The molecule has 2 atom stereocenters. The zero-order chi connectivity index (χ0) is 17.7. The molecule has 0 fully saturated rings. The molecule has 1 aliphatic heterocycles. The Labute approximate surface area is 148 Å². The lowest BCUT2D eigenvalue weighted by molar-refractivity contribution is -0.157. The molecular formula is C17H19BrO6. The predicted octanol–water partition coefficient (Wildman–Crippen LogP) is 2.91. The van der Waals surface area contributed by atoms with Gasteiger partial charge < -0.3 is 18.9 Å². The fraction of sp³-hybridized carbons (Fsp3) is 0.412. The minimum absolute atomic E-state index is 0.141. The lowest BCUT2D eigenvalue weighted by Crippen LogP contribution is -2.35. The number of carbonyl (C=O) groups excluding carboxylic acids is 2. The average Bonchev–Trinajstić information content (AvgIpc) is 2.60. The van der Waals surface area contributed by atoms with Gasteiger partial charge in [0.05, 0.1) is 25.7 Å². The molecule has 6 nitrogen and oxygen atoms in total. The fourth-order valence-corrected chi connectivity index (χ4v) is 2.79. The molecule has 1 aliphatic rings. The highest BCUT2D eigenvalue weighted by Gasteiger charge is 2.40. The van der Waals surface area contributed by atoms with E-state index in [2.05, 4.69) is 15.9 Å². The van der Waals surface area contributed by atoms with Crippen LogP contribution in [0.3, 0.4) is 0 Å². The van der Waals surface area contributed by atoms with Gasteiger partial charge in [0.2, 0.25) is 6.29 Å². The summed E-state index contributed by atoms with van der Waals surface area (Å²) in [7, 11) is 2.54. The van der Waals surface area contributed by atoms with Crippen molar-refractivity contribution in [3.05, 3.63) is 39.9 Å². The zero-order valence-corrected chi connectivity index (χ0v) is 15.3. The van der Waals surface area contributed by atoms with Gasteiger partial charge in [0.25, 0.3) is 0 Å². The number of methoxy groups -OCH3 is 2. The predicted molar refractivity (Wildman–Crippen MR) is 89.7 cm³/mol. The van der Waals surface area contributed by atoms with Crippen LogP contribution < -0.4 is 0 Å². The first-order valence-corrected chi connectivity index (χ1v) is 8.25. The van der Waals surface area contributed by atoms with Crippen LogP contribution in [0.1, 0.15) is 18.9 Å². The first kappa shape index (κ1) is 18.5. The van der Waals surface area contributed by atoms with Gasteiger partial charge in [-0.1, -0.05) is 28.1 Å². The molecule has 1 aromatic rings. The summed E-state index contributed by atoms with van der Waals surface area (Å²) in [5, 5.41) is 0. The molecule has 0 spiro atoms. The highest BCUT2D eigenvalue weighted by atomic mass is 79.9. The third kappa shape index (κ3) is 3.96. The number of carbonyl (C=O) groups is 2. The summed E-state index contributed by atoms with van der Waals surface area (Å²) in [6.45, 7) is 2.25. The topological polar surface area (TPSA) is 71.1 Å². The number of hydrogen-bond acceptors (Lipinski definition) is 6. The molecule has 0 aliphatic carbocycles. The van der Waals surface area contributed by atoms with E-state index in [1.165, 1.54) is 14.2 Å². The second-order valence-corrected chi connectivity index (χ2v) is 5.97. The third-order valence-corrected chi connectivity index (χ3v) is 4.15. The van der Waals surface area contributed by atoms with E-state index >= 15 is 0 Å². The van der Waals surface area contributed by atoms with Crippen molar-refractivity contribution in [3.8, 4) is 0 Å². The van der Waals surface area contributed by atoms with E-state index in [1.807, 2.05) is 19.1 Å². The highest BCUT2D eigenvalue weighted by Crippen LogP contribution is 2.37. The van der Waals surface area contributed by atoms with E-state index < -0.39 is 24.1 Å². The van der Waals surface area contributed by atoms with Crippen molar-refractivity contribution < 1.29 is 28.5 Å². The van der Waals surface area contributed by atoms with E-state index in [-0.39, 0.29) is 17.8 Å². The maximum Gasteiger partial charge on any atom is 0.338 e. The molecule has 0 aromatic heterocycles. The van der Waals surface area contributed by atoms with Crippen molar-refractivity contribution in [1.82, 2.24) is 0 Å². The van der Waals surface area contributed by atoms with Crippen molar-refractivity contribution in [1.29, 1.82) is 0 Å². The first-order valence-electron chi connectivity index (χ1n) is 7.46. The number of halogens is 1. The molecule has 1 aromatic carbocycles. The van der Waals surface area contributed by atoms with Gasteiger partial charge in [0, 0.05) is 23.1 Å². The Morgan fingerprint density at radius 3 is 2.42 bits per heavy atom. The highest BCUT2D eigenvalue weighted by molar-refractivity contribution is 9.10. The second-order valence-electron chi connectivity index (χ2n) is 5.06. The standard InChI is InChI=1S/C17H19BrO6/c1-4-23-13-9-12(16(19)21-2)14(17(20)22-3)15(24-13)10-5-7-11(18)8-6-10/h5-8,12-13H,4,9H2,1-3H3/t12-,13-/m0/s1. The van der Waals surface area contributed by atoms with Crippen LogP contribution in [0.4, 0.5) is 0 Å². The summed E-state index contributed by atoms with van der Waals surface area (Å²) in [6, 6.07) is 7.20. The van der Waals surface area contributed by atoms with Gasteiger partial charge in [-0.2, -0.15) is 0 Å². The van der Waals surface area contributed by atoms with Gasteiger partial charge in [-0.05, 0) is 19.1 Å². The molecule has 0 N–H and O–H groups in total. The minimum atomic E-state index is -0.814. The summed E-state index contributed by atoms with van der Waals surface area (Å²) in [6.07, 6.45) is -0.462. The molecule has 7 heteroatoms. The van der Waals surface area contributed by atoms with Crippen molar-refractivity contribution in [2.24, 2.45) is 5.92 Å². The average molecular weight is 399 g/mol. The number of rotatable bonds is 5. The van der Waals surface area contributed by atoms with Gasteiger partial charge in [-0.15, -0.1) is 0 Å². The quantitative estimate of drug-likeness (QED) is 0.710. The molecule has 130 valence electrons. The molecule has 0 unspecified atom stereocenters. The van der Waals surface area contributed by atoms with Crippen LogP contribution in [0, 0.1) is 5.92 Å². The van der Waals surface area contributed by atoms with Crippen LogP contribution in [0.25, 0.3) is 5.76 Å². The Balaban J connectivity index is 2.57. The summed E-state index contributed by atoms with van der Waals surface area (Å²) in [5.41, 5.74) is 0.791. The Morgan fingerprint density at radius 2 is 1.88 bits per heavy atom. The molecule has 2 rings (SSSR count). The van der Waals surface area contributed by atoms with Crippen LogP contribution in [0.5, 0.6) is 0 Å². The molecule has 24 heavy (non-hydrogen) atoms. The summed E-state index contributed by atoms with van der Waals surface area (Å²) in [4.78, 5) is 24.5. The molecule has 0 saturated heterocycles. The van der Waals surface area contributed by atoms with Crippen LogP contribution >= 0.6 is 15.9 Å². The molecule has 0 saturated carbocycles. The monoisotopic (exact) mass is 398 g/mol. The molecular weight excluding hydrogens is 380 g/mol. The van der Waals surface area contributed by atoms with Crippen molar-refractivity contribution in [3.63, 3.8) is 0 Å². The van der Waals surface area contributed by atoms with Gasteiger partial charge in [0.15, 0.2) is 0 Å². The Bertz CT molecular complexity index is 637. The number of hydrogen-bond donors (Lipinski definition) is 0. The summed E-state index contributed by atoms with van der Waals surface area (Å²) < 4.78 is 21.9. The van der Waals surface area contributed by atoms with Gasteiger partial charge in [-0.3, -0.25) is 4.79 Å². The maximum atomic E-state index is 12.3. The van der Waals surface area contributed by atoms with Gasteiger partial charge >= 0.3 is 11.9 Å². The van der Waals surface area contributed by atoms with Crippen molar-refractivity contribution in [2.45, 2.75) is 19.6 Å². The third-order valence-electron chi connectivity index (χ3n) is 3.62. The van der Waals surface area contributed by atoms with E-state index in [1.54, 1.807) is 12.1 Å². The largest absolute Gasteiger partial charge is 0.469 e. The molecule has 1 heterocycles. The van der Waals surface area contributed by atoms with Crippen LogP contribution in [0.15, 0.2) is 34.3 Å². The van der Waals surface area contributed by atoms with Gasteiger partial charge in [0.1, 0.15) is 5.76 Å². The summed E-state index contributed by atoms with van der Waals surface area (Å²) >= 11 is 3.36. The molecule has 0 amide bonds. The maximum absolute atomic E-state index is 12.3. The normalized spacial score (nSPS) is 20.3. The van der Waals surface area contributed by atoms with Crippen molar-refractivity contribution >= 4 is 33.6 Å². The van der Waals surface area contributed by atoms with Gasteiger partial charge in [-0.25, -0.2) is 4.79 Å². The van der Waals surface area contributed by atoms with Crippen LogP contribution in [-0.2, 0) is 28.5 Å². The van der Waals surface area contributed by atoms with E-state index in [9.17, 15) is 9.59 Å². The first-order chi connectivity index (χ1) is 11.5. The number of ether oxygens (including phenoxy) is 4. The number of esters is 2. The van der Waals surface area contributed by atoms with E-state index in [0.29, 0.717) is 12.2 Å². The second kappa shape index (κ2) is 8.30.